The van der Waals surface area contributed by atoms with Crippen LogP contribution in [0.4, 0.5) is 4.79 Å². The van der Waals surface area contributed by atoms with E-state index in [0.29, 0.717) is 55.7 Å². The highest BCUT2D eigenvalue weighted by Crippen LogP contribution is 2.40. The van der Waals surface area contributed by atoms with Gasteiger partial charge < -0.3 is 29.2 Å². The van der Waals surface area contributed by atoms with Gasteiger partial charge in [0.25, 0.3) is 0 Å². The Labute approximate surface area is 264 Å². The molecule has 0 aliphatic carbocycles. The number of carbonyl (C=O) groups excluding carboxylic acids is 2. The number of rotatable bonds is 13. The van der Waals surface area contributed by atoms with Crippen LogP contribution in [0.15, 0.2) is 72.8 Å². The Morgan fingerprint density at radius 3 is 2.05 bits per heavy atom. The lowest BCUT2D eigenvalue weighted by atomic mass is 10.1. The molecule has 1 saturated heterocycles. The second-order valence-electron chi connectivity index (χ2n) is 9.85. The minimum absolute atomic E-state index is 0. The predicted octanol–water partition coefficient (Wildman–Crippen LogP) is 5.01. The fourth-order valence-corrected chi connectivity index (χ4v) is 5.83. The largest absolute Gasteiger partial charge is 0.493 e. The van der Waals surface area contributed by atoms with Crippen molar-refractivity contribution in [1.82, 2.24) is 15.1 Å². The van der Waals surface area contributed by atoms with Gasteiger partial charge in [0.05, 0.1) is 21.3 Å². The number of methoxy groups -OCH3 is 3. The number of nitrogens with one attached hydrogen (secondary N) is 1. The number of piperazine rings is 1. The lowest BCUT2D eigenvalue weighted by Crippen LogP contribution is -2.55. The zero-order valence-electron chi connectivity index (χ0n) is 24.8. The number of nitrogens with zero attached hydrogens (tertiary/aromatic N) is 2. The van der Waals surface area contributed by atoms with E-state index in [1.807, 2.05) is 65.6 Å². The number of alkyl carbamates (subject to hydrolysis) is 1. The molecule has 1 aliphatic heterocycles. The van der Waals surface area contributed by atoms with Crippen LogP contribution in [0.3, 0.4) is 0 Å². The number of amides is 2. The Morgan fingerprint density at radius 2 is 1.44 bits per heavy atom. The Balaban J connectivity index is 0.00000506. The molecule has 3 aromatic carbocycles. The average molecular weight is 630 g/mol. The first-order valence-corrected chi connectivity index (χ1v) is 15.1. The topological polar surface area (TPSA) is 89.6 Å². The van der Waals surface area contributed by atoms with E-state index in [1.165, 1.54) is 5.56 Å². The maximum absolute atomic E-state index is 13.6. The Kier molecular flexibility index (Phi) is 13.8. The quantitative estimate of drug-likeness (QED) is 0.282. The van der Waals surface area contributed by atoms with Crippen LogP contribution in [-0.2, 0) is 28.4 Å². The lowest BCUT2D eigenvalue weighted by molar-refractivity contribution is -0.134. The van der Waals surface area contributed by atoms with Crippen LogP contribution in [0.1, 0.15) is 16.7 Å². The summed E-state index contributed by atoms with van der Waals surface area (Å²) >= 11 is 1.61. The van der Waals surface area contributed by atoms with E-state index in [4.69, 9.17) is 18.9 Å². The summed E-state index contributed by atoms with van der Waals surface area (Å²) in [7, 11) is 4.80. The van der Waals surface area contributed by atoms with Crippen LogP contribution in [0.5, 0.6) is 17.2 Å². The van der Waals surface area contributed by atoms with Gasteiger partial charge in [0.2, 0.25) is 11.7 Å². The molecule has 1 fully saturated rings. The highest BCUT2D eigenvalue weighted by molar-refractivity contribution is 7.98. The van der Waals surface area contributed by atoms with E-state index in [0.717, 1.165) is 16.9 Å². The van der Waals surface area contributed by atoms with Crippen LogP contribution in [0.2, 0.25) is 0 Å². The van der Waals surface area contributed by atoms with Gasteiger partial charge in [-0.1, -0.05) is 66.7 Å². The number of hydrogen-bond acceptors (Lipinski definition) is 8. The van der Waals surface area contributed by atoms with Gasteiger partial charge in [-0.25, -0.2) is 4.79 Å². The molecule has 43 heavy (non-hydrogen) atoms. The van der Waals surface area contributed by atoms with E-state index in [-0.39, 0.29) is 24.9 Å². The first-order valence-electron chi connectivity index (χ1n) is 13.9. The summed E-state index contributed by atoms with van der Waals surface area (Å²) in [5.41, 5.74) is 3.03. The van der Waals surface area contributed by atoms with Gasteiger partial charge in [0, 0.05) is 49.8 Å². The van der Waals surface area contributed by atoms with Gasteiger partial charge in [0.15, 0.2) is 11.5 Å². The molecule has 0 unspecified atom stereocenters. The summed E-state index contributed by atoms with van der Waals surface area (Å²) in [5.74, 6) is 2.90. The lowest BCUT2D eigenvalue weighted by Gasteiger charge is -2.36. The Hall–Kier alpha value is -3.60. The molecule has 3 aromatic rings. The molecule has 0 spiro atoms. The SMILES string of the molecule is COc1ccc(CN2CCN(C(=O)[C@H](CSCc3ccccc3)NC(=O)OCc3ccccc3)CC2)c(OC)c1OC.Cl. The molecule has 0 saturated carbocycles. The van der Waals surface area contributed by atoms with Crippen molar-refractivity contribution in [2.75, 3.05) is 53.3 Å². The van der Waals surface area contributed by atoms with E-state index in [2.05, 4.69) is 22.3 Å². The zero-order valence-corrected chi connectivity index (χ0v) is 26.5. The van der Waals surface area contributed by atoms with Crippen LogP contribution in [0, 0.1) is 0 Å². The maximum atomic E-state index is 13.6. The second-order valence-corrected chi connectivity index (χ2v) is 10.9. The van der Waals surface area contributed by atoms with Crippen LogP contribution >= 0.6 is 24.2 Å². The van der Waals surface area contributed by atoms with E-state index in [9.17, 15) is 9.59 Å². The first kappa shape index (κ1) is 33.9. The first-order chi connectivity index (χ1) is 20.5. The van der Waals surface area contributed by atoms with Crippen molar-refractivity contribution in [2.45, 2.75) is 24.9 Å². The van der Waals surface area contributed by atoms with Crippen molar-refractivity contribution in [3.63, 3.8) is 0 Å². The number of hydrogen-bond donors (Lipinski definition) is 1. The molecule has 0 radical (unpaired) electrons. The van der Waals surface area contributed by atoms with Gasteiger partial charge in [-0.2, -0.15) is 11.8 Å². The molecule has 0 aromatic heterocycles. The smallest absolute Gasteiger partial charge is 0.408 e. The summed E-state index contributed by atoms with van der Waals surface area (Å²) < 4.78 is 22.0. The predicted molar refractivity (Wildman–Crippen MR) is 171 cm³/mol. The fourth-order valence-electron chi connectivity index (χ4n) is 4.83. The summed E-state index contributed by atoms with van der Waals surface area (Å²) in [6.07, 6.45) is -0.600. The molecule has 232 valence electrons. The summed E-state index contributed by atoms with van der Waals surface area (Å²) in [6.45, 7) is 3.26. The third kappa shape index (κ3) is 9.71. The van der Waals surface area contributed by atoms with E-state index < -0.39 is 12.1 Å². The molecular formula is C32H40ClN3O6S. The van der Waals surface area contributed by atoms with E-state index in [1.54, 1.807) is 33.1 Å². The minimum Gasteiger partial charge on any atom is -0.493 e. The highest BCUT2D eigenvalue weighted by Gasteiger charge is 2.30. The molecule has 1 N–H and O–H groups in total. The fraction of sp³-hybridized carbons (Fsp3) is 0.375. The van der Waals surface area contributed by atoms with Crippen LogP contribution in [0.25, 0.3) is 0 Å². The molecule has 0 bridgehead atoms. The molecule has 9 nitrogen and oxygen atoms in total. The molecule has 2 amide bonds. The van der Waals surface area contributed by atoms with Gasteiger partial charge in [-0.3, -0.25) is 9.69 Å². The number of halogens is 1. The molecular weight excluding hydrogens is 590 g/mol. The van der Waals surface area contributed by atoms with Crippen molar-refractivity contribution >= 4 is 36.2 Å². The van der Waals surface area contributed by atoms with Gasteiger partial charge in [-0.15, -0.1) is 12.4 Å². The summed E-state index contributed by atoms with van der Waals surface area (Å²) in [4.78, 5) is 30.5. The van der Waals surface area contributed by atoms with Gasteiger partial charge in [-0.05, 0) is 17.2 Å². The minimum atomic E-state index is -0.695. The molecule has 1 aliphatic rings. The van der Waals surface area contributed by atoms with Crippen molar-refractivity contribution < 1.29 is 28.5 Å². The second kappa shape index (κ2) is 17.5. The summed E-state index contributed by atoms with van der Waals surface area (Å²) in [6, 6.07) is 22.7. The molecule has 1 heterocycles. The number of benzene rings is 3. The standard InChI is InChI=1S/C32H39N3O6S.ClH/c1-38-28-15-14-26(29(39-2)30(28)40-3)20-34-16-18-35(19-17-34)31(36)27(23-42-22-25-12-8-5-9-13-25)33-32(37)41-21-24-10-6-4-7-11-24;/h4-15,27H,16-23H2,1-3H3,(H,33,37);1H/t27-;/m0./s1. The number of thioether (sulfide) groups is 1. The average Bonchev–Trinajstić information content (AvgIpc) is 3.04. The normalized spacial score (nSPS) is 13.8. The van der Waals surface area contributed by atoms with Crippen molar-refractivity contribution in [1.29, 1.82) is 0 Å². The van der Waals surface area contributed by atoms with Crippen molar-refractivity contribution in [2.24, 2.45) is 0 Å². The number of carbonyl (C=O) groups is 2. The third-order valence-electron chi connectivity index (χ3n) is 7.06. The zero-order chi connectivity index (χ0) is 29.7. The van der Waals surface area contributed by atoms with Crippen LogP contribution < -0.4 is 19.5 Å². The molecule has 1 atom stereocenters. The molecule has 11 heteroatoms. The number of ether oxygens (including phenoxy) is 4. The Bertz CT molecular complexity index is 1290. The summed E-state index contributed by atoms with van der Waals surface area (Å²) in [5, 5.41) is 2.83. The Morgan fingerprint density at radius 1 is 0.814 bits per heavy atom. The highest BCUT2D eigenvalue weighted by atomic mass is 35.5. The third-order valence-corrected chi connectivity index (χ3v) is 8.17. The van der Waals surface area contributed by atoms with E-state index >= 15 is 0 Å². The monoisotopic (exact) mass is 629 g/mol. The molecule has 4 rings (SSSR count). The maximum Gasteiger partial charge on any atom is 0.408 e. The van der Waals surface area contributed by atoms with Crippen molar-refractivity contribution in [3.05, 3.63) is 89.5 Å². The van der Waals surface area contributed by atoms with Crippen LogP contribution in [-0.4, -0.2) is 81.1 Å². The van der Waals surface area contributed by atoms with Gasteiger partial charge in [0.1, 0.15) is 12.6 Å². The van der Waals surface area contributed by atoms with Gasteiger partial charge >= 0.3 is 6.09 Å². The van der Waals surface area contributed by atoms with Crippen molar-refractivity contribution in [3.8, 4) is 17.2 Å².